The average molecular weight is 427 g/mol. The summed E-state index contributed by atoms with van der Waals surface area (Å²) in [5.74, 6) is 4.63. The highest BCUT2D eigenvalue weighted by Crippen LogP contribution is 2.42. The topological polar surface area (TPSA) is 17.1 Å². The summed E-state index contributed by atoms with van der Waals surface area (Å²) in [6.45, 7) is 2.51. The van der Waals surface area contributed by atoms with Gasteiger partial charge in [0.1, 0.15) is 5.78 Å². The Morgan fingerprint density at radius 3 is 2.10 bits per heavy atom. The van der Waals surface area contributed by atoms with Crippen LogP contribution in [0, 0.1) is 29.6 Å². The molecular formula is C30H50O. The van der Waals surface area contributed by atoms with Gasteiger partial charge in [-0.2, -0.15) is 0 Å². The molecule has 0 spiro atoms. The average Bonchev–Trinajstić information content (AvgIpc) is 3.60. The Kier molecular flexibility index (Phi) is 9.15. The molecule has 4 unspecified atom stereocenters. The fourth-order valence-corrected chi connectivity index (χ4v) is 7.59. The molecule has 176 valence electrons. The molecule has 4 atom stereocenters. The first-order valence-corrected chi connectivity index (χ1v) is 14.4. The number of fused-ring (bicyclic) bond motifs is 1. The van der Waals surface area contributed by atoms with Gasteiger partial charge in [-0.1, -0.05) is 95.1 Å². The number of hydrogen-bond acceptors (Lipinski definition) is 1. The molecule has 0 heterocycles. The Balaban J connectivity index is 1.20. The van der Waals surface area contributed by atoms with Crippen molar-refractivity contribution >= 4 is 5.78 Å². The highest BCUT2D eigenvalue weighted by Gasteiger charge is 2.31. The standard InChI is InChI=1S/C30H50O/c1-23(21-24-11-3-2-4-12-24)29(26-19-20-26)17-9-10-18-30(31)28-16-8-6-14-25-13-5-7-15-27(25)22-28/h23-25,27-28H,2-22H2,1H3. The smallest absolute Gasteiger partial charge is 0.135 e. The van der Waals surface area contributed by atoms with Crippen LogP contribution in [0.2, 0.25) is 0 Å². The normalized spacial score (nSPS) is 30.7. The van der Waals surface area contributed by atoms with E-state index in [1.165, 1.54) is 122 Å². The van der Waals surface area contributed by atoms with Crippen LogP contribution in [0.5, 0.6) is 0 Å². The zero-order valence-corrected chi connectivity index (χ0v) is 20.6. The highest BCUT2D eigenvalue weighted by molar-refractivity contribution is 5.80. The van der Waals surface area contributed by atoms with E-state index in [9.17, 15) is 4.79 Å². The van der Waals surface area contributed by atoms with Crippen LogP contribution in [0.3, 0.4) is 0 Å². The summed E-state index contributed by atoms with van der Waals surface area (Å²) in [7, 11) is 0. The Bertz CT molecular complexity index is 590. The third-order valence-corrected chi connectivity index (χ3v) is 9.57. The third-order valence-electron chi connectivity index (χ3n) is 9.57. The van der Waals surface area contributed by atoms with E-state index in [0.717, 1.165) is 36.5 Å². The second kappa shape index (κ2) is 12.0. The van der Waals surface area contributed by atoms with Crippen molar-refractivity contribution in [3.8, 4) is 0 Å². The minimum absolute atomic E-state index is 0.400. The molecule has 4 aliphatic carbocycles. The molecular weight excluding hydrogens is 376 g/mol. The van der Waals surface area contributed by atoms with Crippen LogP contribution in [0.15, 0.2) is 11.1 Å². The van der Waals surface area contributed by atoms with Crippen LogP contribution in [-0.4, -0.2) is 5.78 Å². The molecule has 4 aliphatic rings. The van der Waals surface area contributed by atoms with Crippen molar-refractivity contribution in [1.82, 2.24) is 0 Å². The maximum Gasteiger partial charge on any atom is 0.135 e. The lowest BCUT2D eigenvalue weighted by Gasteiger charge is -2.36. The van der Waals surface area contributed by atoms with Crippen molar-refractivity contribution in [1.29, 1.82) is 0 Å². The summed E-state index contributed by atoms with van der Waals surface area (Å²) < 4.78 is 0. The molecule has 31 heavy (non-hydrogen) atoms. The summed E-state index contributed by atoms with van der Waals surface area (Å²) in [6.07, 6.45) is 28.3. The zero-order valence-electron chi connectivity index (χ0n) is 20.6. The van der Waals surface area contributed by atoms with Crippen LogP contribution >= 0.6 is 0 Å². The molecule has 0 amide bonds. The maximum absolute atomic E-state index is 13.1. The first-order chi connectivity index (χ1) is 15.2. The fraction of sp³-hybridized carbons (Fsp3) is 0.900. The molecule has 1 heteroatoms. The molecule has 0 aliphatic heterocycles. The van der Waals surface area contributed by atoms with Crippen molar-refractivity contribution < 1.29 is 4.79 Å². The van der Waals surface area contributed by atoms with E-state index in [0.29, 0.717) is 11.7 Å². The van der Waals surface area contributed by atoms with Crippen LogP contribution in [-0.2, 0) is 4.79 Å². The highest BCUT2D eigenvalue weighted by atomic mass is 16.1. The first-order valence-electron chi connectivity index (χ1n) is 14.4. The molecule has 0 bridgehead atoms. The SMILES string of the molecule is CC(CC1CCCCC1)C(CCCCC(=O)C1CCCCC2CCCCC2C1)=C1CC1. The van der Waals surface area contributed by atoms with E-state index in [-0.39, 0.29) is 0 Å². The summed E-state index contributed by atoms with van der Waals surface area (Å²) in [4.78, 5) is 13.1. The zero-order chi connectivity index (χ0) is 21.5. The van der Waals surface area contributed by atoms with Gasteiger partial charge in [0.15, 0.2) is 0 Å². The van der Waals surface area contributed by atoms with Crippen molar-refractivity contribution in [3.05, 3.63) is 11.1 Å². The lowest BCUT2D eigenvalue weighted by atomic mass is 9.69. The quantitative estimate of drug-likeness (QED) is 0.265. The lowest BCUT2D eigenvalue weighted by molar-refractivity contribution is -0.124. The van der Waals surface area contributed by atoms with Crippen molar-refractivity contribution in [3.63, 3.8) is 0 Å². The minimum atomic E-state index is 0.400. The van der Waals surface area contributed by atoms with Gasteiger partial charge in [0.2, 0.25) is 0 Å². The van der Waals surface area contributed by atoms with Gasteiger partial charge in [-0.3, -0.25) is 4.79 Å². The number of unbranched alkanes of at least 4 members (excludes halogenated alkanes) is 1. The van der Waals surface area contributed by atoms with E-state index in [1.807, 2.05) is 5.57 Å². The van der Waals surface area contributed by atoms with Gasteiger partial charge in [0, 0.05) is 12.3 Å². The fourth-order valence-electron chi connectivity index (χ4n) is 7.59. The van der Waals surface area contributed by atoms with E-state index >= 15 is 0 Å². The number of hydrogen-bond donors (Lipinski definition) is 0. The molecule has 4 saturated carbocycles. The lowest BCUT2D eigenvalue weighted by Crippen LogP contribution is -2.27. The first kappa shape index (κ1) is 23.6. The van der Waals surface area contributed by atoms with Crippen LogP contribution in [0.25, 0.3) is 0 Å². The summed E-state index contributed by atoms with van der Waals surface area (Å²) in [6, 6.07) is 0. The molecule has 4 fully saturated rings. The minimum Gasteiger partial charge on any atom is -0.299 e. The molecule has 0 aromatic heterocycles. The summed E-state index contributed by atoms with van der Waals surface area (Å²) >= 11 is 0. The third kappa shape index (κ3) is 7.20. The van der Waals surface area contributed by atoms with E-state index in [2.05, 4.69) is 6.92 Å². The van der Waals surface area contributed by atoms with Crippen molar-refractivity contribution in [2.75, 3.05) is 0 Å². The molecule has 4 rings (SSSR count). The predicted molar refractivity (Wildman–Crippen MR) is 132 cm³/mol. The second-order valence-corrected chi connectivity index (χ2v) is 12.0. The van der Waals surface area contributed by atoms with E-state index in [4.69, 9.17) is 0 Å². The second-order valence-electron chi connectivity index (χ2n) is 12.0. The van der Waals surface area contributed by atoms with Gasteiger partial charge < -0.3 is 0 Å². The molecule has 1 nitrogen and oxygen atoms in total. The van der Waals surface area contributed by atoms with Crippen LogP contribution in [0.1, 0.15) is 142 Å². The number of ketones is 1. The van der Waals surface area contributed by atoms with Crippen LogP contribution in [0.4, 0.5) is 0 Å². The summed E-state index contributed by atoms with van der Waals surface area (Å²) in [5, 5.41) is 0. The Hall–Kier alpha value is -0.590. The summed E-state index contributed by atoms with van der Waals surface area (Å²) in [5.41, 5.74) is 3.60. The molecule has 0 saturated heterocycles. The van der Waals surface area contributed by atoms with Gasteiger partial charge in [0.05, 0.1) is 0 Å². The van der Waals surface area contributed by atoms with Gasteiger partial charge in [-0.05, 0) is 75.0 Å². The largest absolute Gasteiger partial charge is 0.299 e. The van der Waals surface area contributed by atoms with Gasteiger partial charge in [0.25, 0.3) is 0 Å². The van der Waals surface area contributed by atoms with Crippen molar-refractivity contribution in [2.24, 2.45) is 29.6 Å². The van der Waals surface area contributed by atoms with Gasteiger partial charge >= 0.3 is 0 Å². The number of rotatable bonds is 9. The Morgan fingerprint density at radius 2 is 1.39 bits per heavy atom. The monoisotopic (exact) mass is 426 g/mol. The maximum atomic E-state index is 13.1. The molecule has 0 aromatic carbocycles. The van der Waals surface area contributed by atoms with Gasteiger partial charge in [-0.25, -0.2) is 0 Å². The predicted octanol–water partition coefficient (Wildman–Crippen LogP) is 9.20. The molecule has 0 aromatic rings. The van der Waals surface area contributed by atoms with Crippen LogP contribution < -0.4 is 0 Å². The number of carbonyl (C=O) groups is 1. The van der Waals surface area contributed by atoms with Gasteiger partial charge in [-0.15, -0.1) is 0 Å². The van der Waals surface area contributed by atoms with E-state index < -0.39 is 0 Å². The Labute approximate surface area is 193 Å². The molecule has 0 N–H and O–H groups in total. The van der Waals surface area contributed by atoms with Crippen molar-refractivity contribution in [2.45, 2.75) is 142 Å². The number of allylic oxidation sites excluding steroid dienone is 2. The van der Waals surface area contributed by atoms with E-state index in [1.54, 1.807) is 5.57 Å². The number of Topliss-reactive ketones (excluding diaryl/α,β-unsaturated/α-hetero) is 1. The number of carbonyl (C=O) groups excluding carboxylic acids is 1. The Morgan fingerprint density at radius 1 is 0.774 bits per heavy atom. The molecule has 0 radical (unpaired) electrons.